The molecule has 0 aromatic carbocycles. The Morgan fingerprint density at radius 1 is 1.38 bits per heavy atom. The summed E-state index contributed by atoms with van der Waals surface area (Å²) < 4.78 is 25.1. The maximum Gasteiger partial charge on any atom is 0.303 e. The summed E-state index contributed by atoms with van der Waals surface area (Å²) in [5, 5.41) is 8.25. The molecule has 16 heavy (non-hydrogen) atoms. The molecule has 1 aliphatic heterocycles. The normalized spacial score (nSPS) is 20.2. The number of sulfonamides is 1. The van der Waals surface area contributed by atoms with Crippen molar-refractivity contribution in [1.82, 2.24) is 4.31 Å². The summed E-state index contributed by atoms with van der Waals surface area (Å²) in [6.07, 6.45) is 1.45. The highest BCUT2D eigenvalue weighted by molar-refractivity contribution is 7.89. The van der Waals surface area contributed by atoms with Gasteiger partial charge in [0.25, 0.3) is 0 Å². The van der Waals surface area contributed by atoms with Crippen LogP contribution in [0.4, 0.5) is 0 Å². The number of carboxylic acid groups (broad SMARTS) is 1. The van der Waals surface area contributed by atoms with Crippen LogP contribution in [0.25, 0.3) is 0 Å². The molecule has 0 spiro atoms. The summed E-state index contributed by atoms with van der Waals surface area (Å²) in [6, 6.07) is 0. The van der Waals surface area contributed by atoms with Crippen LogP contribution in [0.15, 0.2) is 0 Å². The minimum atomic E-state index is -3.17. The SMILES string of the molecule is CC(C)S(=O)(=O)N1CCC(CC(=O)O)CC1. The van der Waals surface area contributed by atoms with Crippen molar-refractivity contribution in [2.75, 3.05) is 13.1 Å². The van der Waals surface area contributed by atoms with Crippen molar-refractivity contribution < 1.29 is 18.3 Å². The van der Waals surface area contributed by atoms with Gasteiger partial charge in [0, 0.05) is 19.5 Å². The van der Waals surface area contributed by atoms with Crippen molar-refractivity contribution in [3.8, 4) is 0 Å². The minimum absolute atomic E-state index is 0.121. The van der Waals surface area contributed by atoms with Gasteiger partial charge in [-0.05, 0) is 32.6 Å². The fourth-order valence-electron chi connectivity index (χ4n) is 1.91. The predicted molar refractivity (Wildman–Crippen MR) is 60.6 cm³/mol. The zero-order valence-electron chi connectivity index (χ0n) is 9.72. The van der Waals surface area contributed by atoms with Gasteiger partial charge in [-0.1, -0.05) is 0 Å². The van der Waals surface area contributed by atoms with Crippen molar-refractivity contribution in [3.05, 3.63) is 0 Å². The maximum absolute atomic E-state index is 11.8. The van der Waals surface area contributed by atoms with Gasteiger partial charge in [-0.15, -0.1) is 0 Å². The highest BCUT2D eigenvalue weighted by Gasteiger charge is 2.30. The number of hydrogen-bond donors (Lipinski definition) is 1. The smallest absolute Gasteiger partial charge is 0.303 e. The Kier molecular flexibility index (Phi) is 4.32. The largest absolute Gasteiger partial charge is 0.481 e. The van der Waals surface area contributed by atoms with Gasteiger partial charge in [0.2, 0.25) is 10.0 Å². The van der Waals surface area contributed by atoms with Gasteiger partial charge in [-0.25, -0.2) is 12.7 Å². The van der Waals surface area contributed by atoms with Crippen molar-refractivity contribution in [3.63, 3.8) is 0 Å². The molecular weight excluding hydrogens is 230 g/mol. The first-order chi connectivity index (χ1) is 7.34. The lowest BCUT2D eigenvalue weighted by Crippen LogP contribution is -2.42. The van der Waals surface area contributed by atoms with E-state index in [0.717, 1.165) is 0 Å². The predicted octanol–water partition coefficient (Wildman–Crippen LogP) is 0.911. The zero-order valence-corrected chi connectivity index (χ0v) is 10.5. The molecule has 0 unspecified atom stereocenters. The molecular formula is C10H19NO4S. The van der Waals surface area contributed by atoms with E-state index in [9.17, 15) is 13.2 Å². The molecule has 0 radical (unpaired) electrons. The van der Waals surface area contributed by atoms with Crippen LogP contribution >= 0.6 is 0 Å². The number of hydrogen-bond acceptors (Lipinski definition) is 3. The van der Waals surface area contributed by atoms with E-state index in [1.54, 1.807) is 13.8 Å². The molecule has 0 atom stereocenters. The molecule has 0 aliphatic carbocycles. The van der Waals surface area contributed by atoms with Gasteiger partial charge in [-0.3, -0.25) is 4.79 Å². The molecule has 0 aromatic rings. The highest BCUT2D eigenvalue weighted by atomic mass is 32.2. The van der Waals surface area contributed by atoms with Crippen LogP contribution in [0, 0.1) is 5.92 Å². The first-order valence-electron chi connectivity index (χ1n) is 5.54. The summed E-state index contributed by atoms with van der Waals surface area (Å²) >= 11 is 0. The Balaban J connectivity index is 2.52. The molecule has 0 aromatic heterocycles. The van der Waals surface area contributed by atoms with E-state index in [0.29, 0.717) is 25.9 Å². The standard InChI is InChI=1S/C10H19NO4S/c1-8(2)16(14,15)11-5-3-9(4-6-11)7-10(12)13/h8-9H,3-7H2,1-2H3,(H,12,13). The van der Waals surface area contributed by atoms with Gasteiger partial charge in [0.05, 0.1) is 5.25 Å². The molecule has 1 N–H and O–H groups in total. The number of nitrogens with zero attached hydrogens (tertiary/aromatic N) is 1. The lowest BCUT2D eigenvalue weighted by Gasteiger charge is -2.31. The Labute approximate surface area is 96.5 Å². The van der Waals surface area contributed by atoms with Crippen LogP contribution in [0.2, 0.25) is 0 Å². The van der Waals surface area contributed by atoms with Crippen LogP contribution in [0.1, 0.15) is 33.1 Å². The first kappa shape index (κ1) is 13.4. The van der Waals surface area contributed by atoms with Gasteiger partial charge in [0.1, 0.15) is 0 Å². The quantitative estimate of drug-likeness (QED) is 0.803. The number of rotatable bonds is 4. The van der Waals surface area contributed by atoms with Crippen molar-refractivity contribution in [2.24, 2.45) is 5.92 Å². The summed E-state index contributed by atoms with van der Waals surface area (Å²) in [5.74, 6) is -0.679. The van der Waals surface area contributed by atoms with Crippen molar-refractivity contribution in [2.45, 2.75) is 38.4 Å². The Morgan fingerprint density at radius 2 is 1.88 bits per heavy atom. The highest BCUT2D eigenvalue weighted by Crippen LogP contribution is 2.23. The Bertz CT molecular complexity index is 342. The fraction of sp³-hybridized carbons (Fsp3) is 0.900. The molecule has 1 saturated heterocycles. The molecule has 1 aliphatic rings. The van der Waals surface area contributed by atoms with Crippen molar-refractivity contribution >= 4 is 16.0 Å². The number of carbonyl (C=O) groups is 1. The summed E-state index contributed by atoms with van der Waals surface area (Å²) in [4.78, 5) is 10.5. The number of carboxylic acids is 1. The van der Waals surface area contributed by atoms with E-state index < -0.39 is 21.2 Å². The third kappa shape index (κ3) is 3.18. The zero-order chi connectivity index (χ0) is 12.3. The van der Waals surface area contributed by atoms with E-state index in [2.05, 4.69) is 0 Å². The van der Waals surface area contributed by atoms with Crippen LogP contribution in [-0.4, -0.2) is 42.1 Å². The van der Waals surface area contributed by atoms with Crippen LogP contribution in [0.5, 0.6) is 0 Å². The monoisotopic (exact) mass is 249 g/mol. The van der Waals surface area contributed by atoms with E-state index in [1.165, 1.54) is 4.31 Å². The van der Waals surface area contributed by atoms with E-state index >= 15 is 0 Å². The summed E-state index contributed by atoms with van der Waals surface area (Å²) in [6.45, 7) is 4.24. The van der Waals surface area contributed by atoms with Gasteiger partial charge in [0.15, 0.2) is 0 Å². The topological polar surface area (TPSA) is 74.7 Å². The number of aliphatic carboxylic acids is 1. The molecule has 1 fully saturated rings. The third-order valence-corrected chi connectivity index (χ3v) is 5.27. The molecule has 1 rings (SSSR count). The first-order valence-corrected chi connectivity index (χ1v) is 7.05. The van der Waals surface area contributed by atoms with E-state index in [4.69, 9.17) is 5.11 Å². The van der Waals surface area contributed by atoms with Gasteiger partial charge in [-0.2, -0.15) is 0 Å². The van der Waals surface area contributed by atoms with E-state index in [1.807, 2.05) is 0 Å². The van der Waals surface area contributed by atoms with Gasteiger partial charge < -0.3 is 5.11 Å². The fourth-order valence-corrected chi connectivity index (χ4v) is 3.23. The molecule has 0 bridgehead atoms. The average Bonchev–Trinajstić information content (AvgIpc) is 2.17. The molecule has 0 saturated carbocycles. The van der Waals surface area contributed by atoms with Crippen molar-refractivity contribution in [1.29, 1.82) is 0 Å². The lowest BCUT2D eigenvalue weighted by atomic mass is 9.95. The molecule has 1 heterocycles. The number of piperidine rings is 1. The van der Waals surface area contributed by atoms with Crippen LogP contribution in [0.3, 0.4) is 0 Å². The maximum atomic E-state index is 11.8. The second-order valence-electron chi connectivity index (χ2n) is 4.53. The second kappa shape index (κ2) is 5.14. The molecule has 94 valence electrons. The van der Waals surface area contributed by atoms with Crippen LogP contribution < -0.4 is 0 Å². The van der Waals surface area contributed by atoms with Gasteiger partial charge >= 0.3 is 5.97 Å². The molecule has 5 nitrogen and oxygen atoms in total. The Morgan fingerprint density at radius 3 is 2.25 bits per heavy atom. The third-order valence-electron chi connectivity index (χ3n) is 2.99. The summed E-state index contributed by atoms with van der Waals surface area (Å²) in [5.41, 5.74) is 0. The molecule has 0 amide bonds. The molecule has 6 heteroatoms. The summed E-state index contributed by atoms with van der Waals surface area (Å²) in [7, 11) is -3.17. The van der Waals surface area contributed by atoms with Crippen LogP contribution in [-0.2, 0) is 14.8 Å². The minimum Gasteiger partial charge on any atom is -0.481 e. The lowest BCUT2D eigenvalue weighted by molar-refractivity contribution is -0.138. The van der Waals surface area contributed by atoms with E-state index in [-0.39, 0.29) is 12.3 Å². The second-order valence-corrected chi connectivity index (χ2v) is 7.02. The Hall–Kier alpha value is -0.620. The average molecular weight is 249 g/mol.